The number of hydrogen-bond donors (Lipinski definition) is 3. The van der Waals surface area contributed by atoms with Gasteiger partial charge in [-0.2, -0.15) is 5.01 Å². The highest BCUT2D eigenvalue weighted by molar-refractivity contribution is 7.22. The zero-order valence-electron chi connectivity index (χ0n) is 24.6. The quantitative estimate of drug-likeness (QED) is 0.246. The van der Waals surface area contributed by atoms with E-state index >= 15 is 0 Å². The second-order valence-electron chi connectivity index (χ2n) is 11.1. The Morgan fingerprint density at radius 3 is 2.55 bits per heavy atom. The van der Waals surface area contributed by atoms with Gasteiger partial charge in [0, 0.05) is 31.7 Å². The van der Waals surface area contributed by atoms with Gasteiger partial charge in [0.15, 0.2) is 5.13 Å². The van der Waals surface area contributed by atoms with Crippen molar-refractivity contribution in [3.63, 3.8) is 0 Å². The van der Waals surface area contributed by atoms with Crippen molar-refractivity contribution in [1.29, 1.82) is 0 Å². The van der Waals surface area contributed by atoms with Gasteiger partial charge in [-0.15, -0.1) is 0 Å². The maximum Gasteiger partial charge on any atom is 0.332 e. The number of anilines is 2. The van der Waals surface area contributed by atoms with Crippen molar-refractivity contribution in [2.24, 2.45) is 0 Å². The van der Waals surface area contributed by atoms with Gasteiger partial charge in [-0.3, -0.25) is 14.6 Å². The number of aromatic nitrogens is 1. The third kappa shape index (κ3) is 5.90. The van der Waals surface area contributed by atoms with E-state index in [0.717, 1.165) is 26.9 Å². The zero-order valence-corrected chi connectivity index (χ0v) is 25.4. The molecule has 0 unspecified atom stereocenters. The van der Waals surface area contributed by atoms with Gasteiger partial charge in [-0.25, -0.2) is 9.78 Å². The number of nitrogens with two attached hydrogens (primary N) is 2. The van der Waals surface area contributed by atoms with Crippen LogP contribution in [0.2, 0.25) is 0 Å². The van der Waals surface area contributed by atoms with Gasteiger partial charge in [-0.1, -0.05) is 72.9 Å². The normalized spacial score (nSPS) is 18.6. The molecule has 5 N–H and O–H groups in total. The van der Waals surface area contributed by atoms with Crippen LogP contribution in [0.5, 0.6) is 0 Å². The zero-order chi connectivity index (χ0) is 30.8. The first-order valence-corrected chi connectivity index (χ1v) is 15.6. The molecule has 0 saturated carbocycles. The number of nitrogen functional groups attached to an aromatic ring is 2. The first kappa shape index (κ1) is 29.4. The van der Waals surface area contributed by atoms with Crippen LogP contribution in [-0.4, -0.2) is 74.5 Å². The van der Waals surface area contributed by atoms with Crippen LogP contribution in [0.4, 0.5) is 15.6 Å². The number of nitrogens with zero attached hydrogens (tertiary/aromatic N) is 5. The first-order chi connectivity index (χ1) is 21.3. The Hall–Kier alpha value is -4.68. The van der Waals surface area contributed by atoms with Crippen molar-refractivity contribution in [2.45, 2.75) is 45.1 Å². The number of carbonyl (C=O) groups is 3. The highest BCUT2D eigenvalue weighted by Gasteiger charge is 2.52. The number of rotatable bonds is 9. The summed E-state index contributed by atoms with van der Waals surface area (Å²) in [6.07, 6.45) is 0.502. The molecule has 0 radical (unpaired) electrons. The summed E-state index contributed by atoms with van der Waals surface area (Å²) in [7, 11) is 0. The van der Waals surface area contributed by atoms with Crippen LogP contribution in [0, 0.1) is 0 Å². The van der Waals surface area contributed by atoms with Crippen LogP contribution in [-0.2, 0) is 29.1 Å². The highest BCUT2D eigenvalue weighted by atomic mass is 32.1. The Kier molecular flexibility index (Phi) is 8.36. The smallest absolute Gasteiger partial charge is 0.332 e. The number of hydrogen-bond acceptors (Lipinski definition) is 8. The summed E-state index contributed by atoms with van der Waals surface area (Å²) in [6.45, 7) is 3.32. The number of hydrazine groups is 1. The Bertz CT molecular complexity index is 1660. The lowest BCUT2D eigenvalue weighted by atomic mass is 9.99. The van der Waals surface area contributed by atoms with Crippen LogP contribution < -0.4 is 16.8 Å². The van der Waals surface area contributed by atoms with E-state index in [4.69, 9.17) is 11.5 Å². The van der Waals surface area contributed by atoms with Crippen molar-refractivity contribution < 1.29 is 14.4 Å². The van der Waals surface area contributed by atoms with Crippen molar-refractivity contribution in [2.75, 3.05) is 31.1 Å². The van der Waals surface area contributed by atoms with Crippen molar-refractivity contribution in [3.05, 3.63) is 89.5 Å². The molecule has 4 aromatic rings. The molecule has 3 heterocycles. The minimum Gasteiger partial charge on any atom is -0.399 e. The van der Waals surface area contributed by atoms with Crippen LogP contribution >= 0.6 is 11.3 Å². The van der Waals surface area contributed by atoms with Crippen LogP contribution in [0.25, 0.3) is 10.2 Å². The fourth-order valence-electron chi connectivity index (χ4n) is 6.05. The van der Waals surface area contributed by atoms with E-state index in [-0.39, 0.29) is 30.9 Å². The fraction of sp³-hybridized carbons (Fsp3) is 0.312. The second-order valence-corrected chi connectivity index (χ2v) is 12.2. The molecule has 12 heteroatoms. The fourth-order valence-corrected chi connectivity index (χ4v) is 6.83. The number of benzene rings is 3. The molecule has 1 aromatic heterocycles. The minimum absolute atomic E-state index is 0.000976. The molecule has 44 heavy (non-hydrogen) atoms. The molecule has 2 fully saturated rings. The van der Waals surface area contributed by atoms with Crippen LogP contribution in [0.3, 0.4) is 0 Å². The predicted molar refractivity (Wildman–Crippen MR) is 171 cm³/mol. The largest absolute Gasteiger partial charge is 0.399 e. The third-order valence-electron chi connectivity index (χ3n) is 8.12. The lowest BCUT2D eigenvalue weighted by Gasteiger charge is -2.46. The molecular weight excluding hydrogens is 576 g/mol. The molecule has 11 nitrogen and oxygen atoms in total. The van der Waals surface area contributed by atoms with Gasteiger partial charge in [0.05, 0.1) is 23.3 Å². The van der Waals surface area contributed by atoms with E-state index < -0.39 is 12.2 Å². The molecule has 228 valence electrons. The molecule has 3 aromatic carbocycles. The Balaban J connectivity index is 1.31. The number of amides is 4. The summed E-state index contributed by atoms with van der Waals surface area (Å²) in [5, 5.41) is 6.93. The molecule has 4 amide bonds. The maximum absolute atomic E-state index is 14.2. The van der Waals surface area contributed by atoms with E-state index in [9.17, 15) is 14.4 Å². The SMILES string of the molecule is CCCN(C(=O)NCc1ccccc1)N1CC(=O)N2[C@@H](Cc3ccc(N)cc3)C(=O)N(Cc3cccc4sc(N)nc34)C[C@@H]21. The monoisotopic (exact) mass is 612 g/mol. The van der Waals surface area contributed by atoms with E-state index in [1.54, 1.807) is 26.9 Å². The van der Waals surface area contributed by atoms with E-state index in [1.165, 1.54) is 11.3 Å². The molecule has 6 rings (SSSR count). The minimum atomic E-state index is -0.745. The van der Waals surface area contributed by atoms with Crippen molar-refractivity contribution in [3.8, 4) is 0 Å². The number of para-hydroxylation sites is 1. The number of urea groups is 1. The summed E-state index contributed by atoms with van der Waals surface area (Å²) in [5.41, 5.74) is 16.1. The van der Waals surface area contributed by atoms with Crippen LogP contribution in [0.1, 0.15) is 30.0 Å². The van der Waals surface area contributed by atoms with Gasteiger partial charge in [0.1, 0.15) is 12.2 Å². The molecule has 2 aliphatic heterocycles. The van der Waals surface area contributed by atoms with Gasteiger partial charge >= 0.3 is 6.03 Å². The van der Waals surface area contributed by atoms with E-state index in [1.807, 2.05) is 72.6 Å². The lowest BCUT2D eigenvalue weighted by molar-refractivity contribution is -0.157. The standard InChI is InChI=1S/C32H36N8O3S/c1-2-15-38(32(43)35-17-22-7-4-3-5-8-22)39-20-28(41)40-25(16-21-11-13-24(33)14-12-21)30(42)37(19-27(39)40)18-23-9-6-10-26-29(23)36-31(34)44-26/h3-14,25,27H,2,15-20,33H2,1H3,(H2,34,36)(H,35,43)/t25-,27+/m0/s1. The summed E-state index contributed by atoms with van der Waals surface area (Å²) < 4.78 is 0.950. The Morgan fingerprint density at radius 2 is 1.80 bits per heavy atom. The average Bonchev–Trinajstić information content (AvgIpc) is 3.57. The second kappa shape index (κ2) is 12.5. The molecule has 2 saturated heterocycles. The maximum atomic E-state index is 14.2. The summed E-state index contributed by atoms with van der Waals surface area (Å²) in [5.74, 6) is -0.334. The lowest BCUT2D eigenvalue weighted by Crippen LogP contribution is -2.66. The van der Waals surface area contributed by atoms with Crippen molar-refractivity contribution in [1.82, 2.24) is 30.1 Å². The predicted octanol–water partition coefficient (Wildman–Crippen LogP) is 3.42. The molecule has 2 aliphatic rings. The molecular formula is C32H36N8O3S. The number of piperazine rings is 1. The molecule has 0 bridgehead atoms. The third-order valence-corrected chi connectivity index (χ3v) is 8.97. The van der Waals surface area contributed by atoms with E-state index in [0.29, 0.717) is 43.3 Å². The van der Waals surface area contributed by atoms with Crippen LogP contribution in [0.15, 0.2) is 72.8 Å². The van der Waals surface area contributed by atoms with Gasteiger partial charge in [0.25, 0.3) is 0 Å². The number of nitrogens with one attached hydrogen (secondary N) is 1. The number of fused-ring (bicyclic) bond motifs is 2. The number of carbonyl (C=O) groups excluding carboxylic acids is 3. The average molecular weight is 613 g/mol. The molecule has 2 atom stereocenters. The van der Waals surface area contributed by atoms with Crippen molar-refractivity contribution >= 4 is 50.2 Å². The number of thiazole rings is 1. The Morgan fingerprint density at radius 1 is 1.02 bits per heavy atom. The molecule has 0 aliphatic carbocycles. The summed E-state index contributed by atoms with van der Waals surface area (Å²) >= 11 is 1.41. The van der Waals surface area contributed by atoms with E-state index in [2.05, 4.69) is 10.3 Å². The first-order valence-electron chi connectivity index (χ1n) is 14.8. The van der Waals surface area contributed by atoms with Gasteiger partial charge in [-0.05, 0) is 41.3 Å². The summed E-state index contributed by atoms with van der Waals surface area (Å²) in [6, 6.07) is 21.9. The Labute approximate surface area is 260 Å². The highest BCUT2D eigenvalue weighted by Crippen LogP contribution is 2.32. The van der Waals surface area contributed by atoms with Gasteiger partial charge in [0.2, 0.25) is 11.8 Å². The topological polar surface area (TPSA) is 141 Å². The summed E-state index contributed by atoms with van der Waals surface area (Å²) in [4.78, 5) is 49.4. The molecule has 0 spiro atoms. The van der Waals surface area contributed by atoms with Gasteiger partial charge < -0.3 is 26.6 Å².